The predicted molar refractivity (Wildman–Crippen MR) is 71.1 cm³/mol. The Morgan fingerprint density at radius 1 is 1.47 bits per heavy atom. The van der Waals surface area contributed by atoms with Crippen LogP contribution in [0.15, 0.2) is 0 Å². The third-order valence-electron chi connectivity index (χ3n) is 2.69. The van der Waals surface area contributed by atoms with Crippen molar-refractivity contribution < 1.29 is 9.47 Å². The van der Waals surface area contributed by atoms with E-state index in [0.717, 1.165) is 19.5 Å². The number of nitrogen functional groups attached to an aromatic ring is 1. The highest BCUT2D eigenvalue weighted by Crippen LogP contribution is 2.17. The molecule has 19 heavy (non-hydrogen) atoms. The molecule has 0 spiro atoms. The van der Waals surface area contributed by atoms with Gasteiger partial charge in [0.2, 0.25) is 11.9 Å². The Kier molecular flexibility index (Phi) is 4.69. The molecule has 8 heteroatoms. The largest absolute Gasteiger partial charge is 0.463 e. The second-order valence-electron chi connectivity index (χ2n) is 4.36. The zero-order valence-corrected chi connectivity index (χ0v) is 11.3. The standard InChI is InChI=1S/C11H20N6O2/c1-3-5-19-11-14-9(16-12)13-10(15-11)17-4-6-18-8(2)7-17/h8H,3-7,12H2,1-2H3,(H,13,14,15,16). The van der Waals surface area contributed by atoms with Gasteiger partial charge in [0.15, 0.2) is 0 Å². The van der Waals surface area contributed by atoms with Gasteiger partial charge in [0.1, 0.15) is 0 Å². The Bertz CT molecular complexity index is 416. The average Bonchev–Trinajstić information content (AvgIpc) is 2.44. The van der Waals surface area contributed by atoms with E-state index < -0.39 is 0 Å². The molecule has 0 aromatic carbocycles. The summed E-state index contributed by atoms with van der Waals surface area (Å²) in [4.78, 5) is 14.7. The Morgan fingerprint density at radius 2 is 2.32 bits per heavy atom. The van der Waals surface area contributed by atoms with Crippen LogP contribution in [0.3, 0.4) is 0 Å². The van der Waals surface area contributed by atoms with Gasteiger partial charge in [-0.25, -0.2) is 5.84 Å². The maximum absolute atomic E-state index is 5.50. The van der Waals surface area contributed by atoms with Crippen LogP contribution in [0, 0.1) is 0 Å². The molecule has 1 aromatic heterocycles. The number of morpholine rings is 1. The van der Waals surface area contributed by atoms with Crippen molar-refractivity contribution in [2.75, 3.05) is 36.6 Å². The highest BCUT2D eigenvalue weighted by Gasteiger charge is 2.20. The van der Waals surface area contributed by atoms with Crippen LogP contribution in [0.4, 0.5) is 11.9 Å². The maximum Gasteiger partial charge on any atom is 0.323 e. The van der Waals surface area contributed by atoms with E-state index in [1.165, 1.54) is 0 Å². The van der Waals surface area contributed by atoms with Gasteiger partial charge >= 0.3 is 6.01 Å². The third kappa shape index (κ3) is 3.65. The van der Waals surface area contributed by atoms with Crippen LogP contribution >= 0.6 is 0 Å². The summed E-state index contributed by atoms with van der Waals surface area (Å²) in [6, 6.07) is 0.291. The minimum absolute atomic E-state index is 0.153. The summed E-state index contributed by atoms with van der Waals surface area (Å²) < 4.78 is 10.9. The molecule has 1 saturated heterocycles. The van der Waals surface area contributed by atoms with Gasteiger partial charge in [0, 0.05) is 13.1 Å². The quantitative estimate of drug-likeness (QED) is 0.576. The molecule has 1 aromatic rings. The van der Waals surface area contributed by atoms with Crippen molar-refractivity contribution in [2.24, 2.45) is 5.84 Å². The highest BCUT2D eigenvalue weighted by atomic mass is 16.5. The van der Waals surface area contributed by atoms with Gasteiger partial charge in [-0.2, -0.15) is 15.0 Å². The lowest BCUT2D eigenvalue weighted by atomic mass is 10.3. The number of hydrogen-bond acceptors (Lipinski definition) is 8. The van der Waals surface area contributed by atoms with Crippen LogP contribution in [0.1, 0.15) is 20.3 Å². The summed E-state index contributed by atoms with van der Waals surface area (Å²) in [5, 5.41) is 0. The fourth-order valence-corrected chi connectivity index (χ4v) is 1.81. The van der Waals surface area contributed by atoms with Crippen LogP contribution < -0.4 is 20.9 Å². The van der Waals surface area contributed by atoms with Crippen molar-refractivity contribution in [1.82, 2.24) is 15.0 Å². The zero-order valence-electron chi connectivity index (χ0n) is 11.3. The number of aromatic nitrogens is 3. The fraction of sp³-hybridized carbons (Fsp3) is 0.727. The lowest BCUT2D eigenvalue weighted by Gasteiger charge is -2.31. The van der Waals surface area contributed by atoms with E-state index in [0.29, 0.717) is 31.1 Å². The van der Waals surface area contributed by atoms with E-state index in [1.807, 2.05) is 18.7 Å². The molecule has 2 rings (SSSR count). The number of nitrogens with zero attached hydrogens (tertiary/aromatic N) is 4. The van der Waals surface area contributed by atoms with Crippen LogP contribution in [0.2, 0.25) is 0 Å². The van der Waals surface area contributed by atoms with Crippen molar-refractivity contribution in [1.29, 1.82) is 0 Å². The lowest BCUT2D eigenvalue weighted by Crippen LogP contribution is -2.42. The molecule has 3 N–H and O–H groups in total. The molecule has 0 bridgehead atoms. The van der Waals surface area contributed by atoms with Crippen molar-refractivity contribution >= 4 is 11.9 Å². The second kappa shape index (κ2) is 6.48. The summed E-state index contributed by atoms with van der Waals surface area (Å²) in [7, 11) is 0. The fourth-order valence-electron chi connectivity index (χ4n) is 1.81. The number of rotatable bonds is 5. The van der Waals surface area contributed by atoms with E-state index in [9.17, 15) is 0 Å². The molecular weight excluding hydrogens is 248 g/mol. The number of ether oxygens (including phenoxy) is 2. The van der Waals surface area contributed by atoms with E-state index in [1.54, 1.807) is 0 Å². The molecule has 1 aliphatic rings. The maximum atomic E-state index is 5.50. The first-order chi connectivity index (χ1) is 9.22. The summed E-state index contributed by atoms with van der Waals surface area (Å²) in [6.07, 6.45) is 1.04. The highest BCUT2D eigenvalue weighted by molar-refractivity contribution is 5.38. The molecule has 0 aliphatic carbocycles. The number of hydrazine groups is 1. The zero-order chi connectivity index (χ0) is 13.7. The molecule has 0 saturated carbocycles. The molecule has 106 valence electrons. The SMILES string of the molecule is CCCOc1nc(NN)nc(N2CCOC(C)C2)n1. The average molecular weight is 268 g/mol. The van der Waals surface area contributed by atoms with Crippen LogP contribution in [-0.4, -0.2) is 47.4 Å². The van der Waals surface area contributed by atoms with Crippen LogP contribution in [0.25, 0.3) is 0 Å². The van der Waals surface area contributed by atoms with Crippen molar-refractivity contribution in [3.05, 3.63) is 0 Å². The molecule has 0 amide bonds. The lowest BCUT2D eigenvalue weighted by molar-refractivity contribution is 0.0525. The minimum Gasteiger partial charge on any atom is -0.463 e. The Hall–Kier alpha value is -1.67. The van der Waals surface area contributed by atoms with Gasteiger partial charge in [-0.3, -0.25) is 5.43 Å². The molecule has 1 fully saturated rings. The van der Waals surface area contributed by atoms with Crippen LogP contribution in [0.5, 0.6) is 6.01 Å². The number of nitrogens with one attached hydrogen (secondary N) is 1. The first kappa shape index (κ1) is 13.8. The normalized spacial score (nSPS) is 19.3. The van der Waals surface area contributed by atoms with Gasteiger partial charge in [0.25, 0.3) is 0 Å². The van der Waals surface area contributed by atoms with Gasteiger partial charge in [-0.1, -0.05) is 6.92 Å². The van der Waals surface area contributed by atoms with Gasteiger partial charge in [-0.05, 0) is 13.3 Å². The van der Waals surface area contributed by atoms with Gasteiger partial charge in [-0.15, -0.1) is 0 Å². The molecule has 1 atom stereocenters. The predicted octanol–water partition coefficient (Wildman–Crippen LogP) is 0.171. The van der Waals surface area contributed by atoms with Crippen molar-refractivity contribution in [2.45, 2.75) is 26.4 Å². The molecule has 2 heterocycles. The van der Waals surface area contributed by atoms with E-state index in [4.69, 9.17) is 15.3 Å². The Balaban J connectivity index is 2.17. The minimum atomic E-state index is 0.153. The van der Waals surface area contributed by atoms with E-state index in [-0.39, 0.29) is 6.10 Å². The molecule has 1 aliphatic heterocycles. The smallest absolute Gasteiger partial charge is 0.323 e. The van der Waals surface area contributed by atoms with E-state index in [2.05, 4.69) is 20.4 Å². The third-order valence-corrected chi connectivity index (χ3v) is 2.69. The number of anilines is 2. The van der Waals surface area contributed by atoms with Crippen LogP contribution in [-0.2, 0) is 4.74 Å². The summed E-state index contributed by atoms with van der Waals surface area (Å²) >= 11 is 0. The molecular formula is C11H20N6O2. The van der Waals surface area contributed by atoms with Crippen molar-refractivity contribution in [3.63, 3.8) is 0 Å². The monoisotopic (exact) mass is 268 g/mol. The van der Waals surface area contributed by atoms with Gasteiger partial charge < -0.3 is 14.4 Å². The number of nitrogens with two attached hydrogens (primary N) is 1. The number of hydrogen-bond donors (Lipinski definition) is 2. The Morgan fingerprint density at radius 3 is 3.00 bits per heavy atom. The Labute approximate surface area is 112 Å². The summed E-state index contributed by atoms with van der Waals surface area (Å²) in [5.41, 5.74) is 2.43. The summed E-state index contributed by atoms with van der Waals surface area (Å²) in [5.74, 6) is 6.23. The second-order valence-corrected chi connectivity index (χ2v) is 4.36. The molecule has 1 unspecified atom stereocenters. The first-order valence-corrected chi connectivity index (χ1v) is 6.45. The topological polar surface area (TPSA) is 98.4 Å². The van der Waals surface area contributed by atoms with Crippen molar-refractivity contribution in [3.8, 4) is 6.01 Å². The van der Waals surface area contributed by atoms with E-state index >= 15 is 0 Å². The molecule has 8 nitrogen and oxygen atoms in total. The molecule has 0 radical (unpaired) electrons. The van der Waals surface area contributed by atoms with Gasteiger partial charge in [0.05, 0.1) is 19.3 Å². The first-order valence-electron chi connectivity index (χ1n) is 6.45. The summed E-state index contributed by atoms with van der Waals surface area (Å²) in [6.45, 7) is 6.74.